The molecular weight excluding hydrogens is 242 g/mol. The van der Waals surface area contributed by atoms with E-state index >= 15 is 0 Å². The van der Waals surface area contributed by atoms with Gasteiger partial charge in [-0.3, -0.25) is 4.79 Å². The number of hydrogen-bond acceptors (Lipinski definition) is 4. The van der Waals surface area contributed by atoms with Gasteiger partial charge in [0.05, 0.1) is 24.3 Å². The number of anilines is 1. The molecule has 1 heterocycles. The van der Waals surface area contributed by atoms with Crippen LogP contribution in [0, 0.1) is 11.3 Å². The Morgan fingerprint density at radius 3 is 3.16 bits per heavy atom. The zero-order valence-electron chi connectivity index (χ0n) is 10.9. The topological polar surface area (TPSA) is 65.4 Å². The predicted octanol–water partition coefficient (Wildman–Crippen LogP) is 0.900. The molecule has 1 aromatic rings. The van der Waals surface area contributed by atoms with Gasteiger partial charge in [-0.15, -0.1) is 0 Å². The van der Waals surface area contributed by atoms with Gasteiger partial charge in [0.2, 0.25) is 0 Å². The molecule has 1 fully saturated rings. The summed E-state index contributed by atoms with van der Waals surface area (Å²) >= 11 is 0. The maximum atomic E-state index is 12.1. The average molecular weight is 259 g/mol. The summed E-state index contributed by atoms with van der Waals surface area (Å²) in [6.45, 7) is 1.45. The summed E-state index contributed by atoms with van der Waals surface area (Å²) in [5, 5.41) is 12.0. The van der Waals surface area contributed by atoms with Crippen LogP contribution in [0.4, 0.5) is 5.69 Å². The van der Waals surface area contributed by atoms with Gasteiger partial charge in [-0.05, 0) is 38.2 Å². The van der Waals surface area contributed by atoms with Crippen molar-refractivity contribution in [3.63, 3.8) is 0 Å². The highest BCUT2D eigenvalue weighted by Crippen LogP contribution is 2.23. The number of amides is 1. The molecule has 1 aliphatic rings. The molecule has 5 heteroatoms. The molecule has 0 spiro atoms. The number of carbonyl (C=O) groups excluding carboxylic acids is 1. The van der Waals surface area contributed by atoms with E-state index in [2.05, 4.69) is 11.4 Å². The predicted molar refractivity (Wildman–Crippen MR) is 71.8 cm³/mol. The second-order valence-electron chi connectivity index (χ2n) is 4.49. The Morgan fingerprint density at radius 2 is 2.42 bits per heavy atom. The monoisotopic (exact) mass is 259 g/mol. The fourth-order valence-electron chi connectivity index (χ4n) is 2.23. The summed E-state index contributed by atoms with van der Waals surface area (Å²) in [4.78, 5) is 13.8. The van der Waals surface area contributed by atoms with E-state index in [4.69, 9.17) is 10.00 Å². The lowest BCUT2D eigenvalue weighted by atomic mass is 10.1. The minimum Gasteiger partial charge on any atom is -0.369 e. The summed E-state index contributed by atoms with van der Waals surface area (Å²) in [5.74, 6) is -0.0533. The number of carbonyl (C=O) groups is 1. The van der Waals surface area contributed by atoms with Crippen LogP contribution in [0.3, 0.4) is 0 Å². The van der Waals surface area contributed by atoms with Crippen molar-refractivity contribution >= 4 is 11.6 Å². The summed E-state index contributed by atoms with van der Waals surface area (Å²) in [7, 11) is 1.88. The first-order chi connectivity index (χ1) is 9.26. The second-order valence-corrected chi connectivity index (χ2v) is 4.49. The van der Waals surface area contributed by atoms with Crippen LogP contribution in [0.1, 0.15) is 12.0 Å². The molecule has 0 aliphatic carbocycles. The fourth-order valence-corrected chi connectivity index (χ4v) is 2.23. The van der Waals surface area contributed by atoms with Crippen LogP contribution >= 0.6 is 0 Å². The number of morpholine rings is 1. The summed E-state index contributed by atoms with van der Waals surface area (Å²) in [6.07, 6.45) is 0.818. The van der Waals surface area contributed by atoms with Gasteiger partial charge in [0.15, 0.2) is 0 Å². The number of ether oxygens (including phenoxy) is 1. The largest absolute Gasteiger partial charge is 0.369 e. The molecule has 1 saturated heterocycles. The normalized spacial score (nSPS) is 19.3. The molecule has 2 rings (SSSR count). The van der Waals surface area contributed by atoms with Gasteiger partial charge < -0.3 is 15.0 Å². The Balaban J connectivity index is 2.25. The first-order valence-electron chi connectivity index (χ1n) is 6.31. The lowest BCUT2D eigenvalue weighted by Gasteiger charge is -2.35. The molecule has 0 aromatic heterocycles. The van der Waals surface area contributed by atoms with E-state index in [1.165, 1.54) is 0 Å². The van der Waals surface area contributed by atoms with Gasteiger partial charge in [0, 0.05) is 5.69 Å². The number of nitrogens with zero attached hydrogens (tertiary/aromatic N) is 2. The lowest BCUT2D eigenvalue weighted by Crippen LogP contribution is -2.50. The Hall–Kier alpha value is -1.90. The molecule has 5 nitrogen and oxygen atoms in total. The third kappa shape index (κ3) is 3.11. The van der Waals surface area contributed by atoms with E-state index in [9.17, 15) is 4.79 Å². The lowest BCUT2D eigenvalue weighted by molar-refractivity contribution is -0.127. The zero-order valence-corrected chi connectivity index (χ0v) is 10.9. The van der Waals surface area contributed by atoms with E-state index in [0.717, 1.165) is 18.7 Å². The van der Waals surface area contributed by atoms with Gasteiger partial charge in [-0.1, -0.05) is 6.07 Å². The van der Waals surface area contributed by atoms with Crippen molar-refractivity contribution in [1.82, 2.24) is 5.32 Å². The Bertz CT molecular complexity index is 496. The third-order valence-corrected chi connectivity index (χ3v) is 3.15. The molecule has 0 saturated carbocycles. The van der Waals surface area contributed by atoms with Crippen LogP contribution < -0.4 is 10.2 Å². The molecule has 0 radical (unpaired) electrons. The van der Waals surface area contributed by atoms with Crippen molar-refractivity contribution in [3.05, 3.63) is 29.8 Å². The maximum Gasteiger partial charge on any atom is 0.253 e. The summed E-state index contributed by atoms with van der Waals surface area (Å²) < 4.78 is 5.32. The number of rotatable bonds is 4. The fraction of sp³-hybridized carbons (Fsp3) is 0.429. The Labute approximate surface area is 112 Å². The molecule has 1 unspecified atom stereocenters. The van der Waals surface area contributed by atoms with Crippen LogP contribution in [0.15, 0.2) is 24.3 Å². The van der Waals surface area contributed by atoms with Crippen LogP contribution in [0.5, 0.6) is 0 Å². The minimum absolute atomic E-state index is 0.0163. The number of benzene rings is 1. The zero-order chi connectivity index (χ0) is 13.7. The molecule has 1 amide bonds. The Morgan fingerprint density at radius 1 is 1.58 bits per heavy atom. The molecule has 1 atom stereocenters. The minimum atomic E-state index is -0.0533. The Kier molecular flexibility index (Phi) is 4.50. The highest BCUT2D eigenvalue weighted by atomic mass is 16.5. The van der Waals surface area contributed by atoms with E-state index in [1.807, 2.05) is 13.1 Å². The number of nitriles is 1. The smallest absolute Gasteiger partial charge is 0.253 e. The van der Waals surface area contributed by atoms with Crippen LogP contribution in [0.2, 0.25) is 0 Å². The summed E-state index contributed by atoms with van der Waals surface area (Å²) in [5.41, 5.74) is 1.33. The average Bonchev–Trinajstić information content (AvgIpc) is 2.45. The highest BCUT2D eigenvalue weighted by Gasteiger charge is 2.29. The van der Waals surface area contributed by atoms with E-state index in [0.29, 0.717) is 12.2 Å². The number of hydrogen-bond donors (Lipinski definition) is 1. The molecule has 1 aromatic carbocycles. The molecule has 1 N–H and O–H groups in total. The van der Waals surface area contributed by atoms with Crippen molar-refractivity contribution in [2.45, 2.75) is 12.5 Å². The molecule has 0 bridgehead atoms. The van der Waals surface area contributed by atoms with Crippen molar-refractivity contribution in [2.75, 3.05) is 31.7 Å². The summed E-state index contributed by atoms with van der Waals surface area (Å²) in [6, 6.07) is 9.25. The van der Waals surface area contributed by atoms with Crippen molar-refractivity contribution < 1.29 is 9.53 Å². The van der Waals surface area contributed by atoms with Gasteiger partial charge in [-0.2, -0.15) is 5.26 Å². The molecule has 1 aliphatic heterocycles. The first-order valence-corrected chi connectivity index (χ1v) is 6.31. The van der Waals surface area contributed by atoms with Crippen molar-refractivity contribution in [3.8, 4) is 6.07 Å². The van der Waals surface area contributed by atoms with Crippen molar-refractivity contribution in [2.24, 2.45) is 0 Å². The van der Waals surface area contributed by atoms with Crippen LogP contribution in [0.25, 0.3) is 0 Å². The van der Waals surface area contributed by atoms with E-state index < -0.39 is 0 Å². The van der Waals surface area contributed by atoms with Gasteiger partial charge in [-0.25, -0.2) is 0 Å². The van der Waals surface area contributed by atoms with Crippen LogP contribution in [-0.4, -0.2) is 38.8 Å². The van der Waals surface area contributed by atoms with Gasteiger partial charge in [0.25, 0.3) is 5.91 Å². The van der Waals surface area contributed by atoms with Crippen LogP contribution in [-0.2, 0) is 9.53 Å². The highest BCUT2D eigenvalue weighted by molar-refractivity contribution is 5.95. The van der Waals surface area contributed by atoms with E-state index in [1.54, 1.807) is 23.1 Å². The van der Waals surface area contributed by atoms with Gasteiger partial charge >= 0.3 is 0 Å². The third-order valence-electron chi connectivity index (χ3n) is 3.15. The number of nitrogens with one attached hydrogen (secondary N) is 1. The van der Waals surface area contributed by atoms with Gasteiger partial charge in [0.1, 0.15) is 6.61 Å². The van der Waals surface area contributed by atoms with E-state index in [-0.39, 0.29) is 18.6 Å². The maximum absolute atomic E-state index is 12.1. The first kappa shape index (κ1) is 13.5. The molecule has 100 valence electrons. The second kappa shape index (κ2) is 6.32. The quantitative estimate of drug-likeness (QED) is 0.872. The van der Waals surface area contributed by atoms with Crippen molar-refractivity contribution in [1.29, 1.82) is 5.26 Å². The molecular formula is C14H17N3O2. The SMILES string of the molecule is CNCCC1COCC(=O)N1c1cccc(C#N)c1. The standard InChI is InChI=1S/C14H17N3O2/c1-16-6-5-13-9-19-10-14(18)17(13)12-4-2-3-11(7-12)8-15/h2-4,7,13,16H,5-6,9-10H2,1H3. The molecule has 19 heavy (non-hydrogen) atoms.